The van der Waals surface area contributed by atoms with E-state index in [1.165, 1.54) is 31.4 Å². The van der Waals surface area contributed by atoms with Gasteiger partial charge in [-0.25, -0.2) is 0 Å². The maximum Gasteiger partial charge on any atom is 0.0132 e. The van der Waals surface area contributed by atoms with Gasteiger partial charge in [0, 0.05) is 17.8 Å². The molecule has 0 amide bonds. The Kier molecular flexibility index (Phi) is 4.60. The van der Waals surface area contributed by atoms with E-state index < -0.39 is 0 Å². The van der Waals surface area contributed by atoms with Gasteiger partial charge in [0.15, 0.2) is 0 Å². The van der Waals surface area contributed by atoms with Gasteiger partial charge in [-0.05, 0) is 63.5 Å². The summed E-state index contributed by atoms with van der Waals surface area (Å²) in [7, 11) is 0. The summed E-state index contributed by atoms with van der Waals surface area (Å²) in [5, 5.41) is 3.75. The molecular weight excluding hydrogens is 214 g/mol. The summed E-state index contributed by atoms with van der Waals surface area (Å²) in [6.07, 6.45) is 9.76. The molecule has 0 saturated heterocycles. The molecule has 2 bridgehead atoms. The maximum atomic E-state index is 3.75. The van der Waals surface area contributed by atoms with Crippen LogP contribution in [-0.2, 0) is 0 Å². The molecule has 1 N–H and O–H groups in total. The average Bonchev–Trinajstić information content (AvgIpc) is 2.78. The van der Waals surface area contributed by atoms with Crippen LogP contribution in [0.5, 0.6) is 0 Å². The van der Waals surface area contributed by atoms with Crippen LogP contribution in [-0.4, -0.2) is 24.1 Å². The molecule has 1 nitrogen and oxygen atoms in total. The van der Waals surface area contributed by atoms with Gasteiger partial charge >= 0.3 is 0 Å². The lowest BCUT2D eigenvalue weighted by molar-refractivity contribution is 0.279. The lowest BCUT2D eigenvalue weighted by atomic mass is 9.84. The summed E-state index contributed by atoms with van der Waals surface area (Å²) >= 11 is 1.94. The van der Waals surface area contributed by atoms with Crippen LogP contribution in [0.15, 0.2) is 0 Å². The minimum Gasteiger partial charge on any atom is -0.311 e. The first kappa shape index (κ1) is 12.8. The van der Waals surface area contributed by atoms with Crippen LogP contribution in [0.4, 0.5) is 0 Å². The summed E-state index contributed by atoms with van der Waals surface area (Å²) in [5.74, 6) is 4.47. The lowest BCUT2D eigenvalue weighted by Crippen LogP contribution is -2.37. The lowest BCUT2D eigenvalue weighted by Gasteiger charge is -2.27. The molecule has 16 heavy (non-hydrogen) atoms. The first-order chi connectivity index (χ1) is 7.69. The van der Waals surface area contributed by atoms with Crippen molar-refractivity contribution in [3.63, 3.8) is 0 Å². The molecule has 0 aromatic rings. The second-order valence-corrected chi connectivity index (χ2v) is 7.01. The van der Waals surface area contributed by atoms with Crippen molar-refractivity contribution < 1.29 is 0 Å². The fraction of sp³-hybridized carbons (Fsp3) is 1.00. The van der Waals surface area contributed by atoms with E-state index in [0.717, 1.165) is 17.8 Å². The van der Waals surface area contributed by atoms with Crippen molar-refractivity contribution in [3.8, 4) is 0 Å². The molecular formula is C14H27NS. The molecule has 2 saturated carbocycles. The molecule has 94 valence electrons. The highest BCUT2D eigenvalue weighted by Gasteiger charge is 2.39. The van der Waals surface area contributed by atoms with Gasteiger partial charge in [0.05, 0.1) is 0 Å². The van der Waals surface area contributed by atoms with Crippen molar-refractivity contribution in [1.82, 2.24) is 5.32 Å². The van der Waals surface area contributed by atoms with Crippen molar-refractivity contribution in [2.24, 2.45) is 17.8 Å². The fourth-order valence-corrected chi connectivity index (χ4v) is 4.57. The molecule has 0 spiro atoms. The monoisotopic (exact) mass is 241 g/mol. The van der Waals surface area contributed by atoms with Gasteiger partial charge in [0.2, 0.25) is 0 Å². The molecule has 5 atom stereocenters. The van der Waals surface area contributed by atoms with Crippen molar-refractivity contribution in [3.05, 3.63) is 0 Å². The summed E-state index contributed by atoms with van der Waals surface area (Å²) in [4.78, 5) is 0. The zero-order chi connectivity index (χ0) is 11.5. The predicted molar refractivity (Wildman–Crippen MR) is 74.0 cm³/mol. The second-order valence-electron chi connectivity index (χ2n) is 6.09. The summed E-state index contributed by atoms with van der Waals surface area (Å²) in [6, 6.07) is 1.38. The van der Waals surface area contributed by atoms with Crippen LogP contribution in [0.25, 0.3) is 0 Å². The van der Waals surface area contributed by atoms with Crippen LogP contribution < -0.4 is 5.32 Å². The highest BCUT2D eigenvalue weighted by atomic mass is 32.2. The minimum absolute atomic E-state index is 0.670. The number of hydrogen-bond acceptors (Lipinski definition) is 2. The van der Waals surface area contributed by atoms with E-state index in [1.807, 2.05) is 11.8 Å². The SMILES string of the molecule is CSC[C@H](C)N[C@@H](C)C[C@H]1C[C@H]2CC[C@H]1C2. The first-order valence-electron chi connectivity index (χ1n) is 6.94. The van der Waals surface area contributed by atoms with E-state index in [2.05, 4.69) is 25.4 Å². The Balaban J connectivity index is 1.69. The molecule has 0 aromatic carbocycles. The second kappa shape index (κ2) is 5.77. The molecule has 2 heteroatoms. The molecule has 0 aromatic heterocycles. The van der Waals surface area contributed by atoms with Gasteiger partial charge < -0.3 is 5.32 Å². The van der Waals surface area contributed by atoms with Gasteiger partial charge in [-0.3, -0.25) is 0 Å². The van der Waals surface area contributed by atoms with Gasteiger partial charge in [0.1, 0.15) is 0 Å². The van der Waals surface area contributed by atoms with Crippen LogP contribution in [0.2, 0.25) is 0 Å². The molecule has 2 aliphatic rings. The third kappa shape index (κ3) is 3.16. The smallest absolute Gasteiger partial charge is 0.0132 e. The molecule has 0 heterocycles. The Bertz CT molecular complexity index is 219. The van der Waals surface area contributed by atoms with Gasteiger partial charge in [-0.15, -0.1) is 0 Å². The Morgan fingerprint density at radius 3 is 2.56 bits per heavy atom. The molecule has 2 aliphatic carbocycles. The third-order valence-corrected chi connectivity index (χ3v) is 5.36. The van der Waals surface area contributed by atoms with Crippen LogP contribution in [0, 0.1) is 17.8 Å². The molecule has 0 unspecified atom stereocenters. The number of rotatable bonds is 6. The Hall–Kier alpha value is 0.310. The predicted octanol–water partition coefficient (Wildman–Crippen LogP) is 3.54. The van der Waals surface area contributed by atoms with E-state index in [4.69, 9.17) is 0 Å². The number of fused-ring (bicyclic) bond motifs is 2. The maximum absolute atomic E-state index is 3.75. The van der Waals surface area contributed by atoms with Crippen LogP contribution in [0.1, 0.15) is 46.0 Å². The third-order valence-electron chi connectivity index (χ3n) is 4.53. The van der Waals surface area contributed by atoms with E-state index >= 15 is 0 Å². The van der Waals surface area contributed by atoms with Gasteiger partial charge in [0.25, 0.3) is 0 Å². The van der Waals surface area contributed by atoms with Gasteiger partial charge in [-0.2, -0.15) is 11.8 Å². The molecule has 2 fully saturated rings. The number of thioether (sulfide) groups is 1. The van der Waals surface area contributed by atoms with E-state index in [0.29, 0.717) is 12.1 Å². The highest BCUT2D eigenvalue weighted by molar-refractivity contribution is 7.98. The Morgan fingerprint density at radius 2 is 2.00 bits per heavy atom. The van der Waals surface area contributed by atoms with E-state index in [1.54, 1.807) is 6.42 Å². The summed E-state index contributed by atoms with van der Waals surface area (Å²) in [5.41, 5.74) is 0. The number of hydrogen-bond donors (Lipinski definition) is 1. The Morgan fingerprint density at radius 1 is 1.19 bits per heavy atom. The largest absolute Gasteiger partial charge is 0.311 e. The zero-order valence-electron chi connectivity index (χ0n) is 11.0. The van der Waals surface area contributed by atoms with Crippen molar-refractivity contribution in [2.45, 2.75) is 58.0 Å². The fourth-order valence-electron chi connectivity index (χ4n) is 3.97. The van der Waals surface area contributed by atoms with Crippen molar-refractivity contribution in [1.29, 1.82) is 0 Å². The highest BCUT2D eigenvalue weighted by Crippen LogP contribution is 2.49. The first-order valence-corrected chi connectivity index (χ1v) is 8.33. The zero-order valence-corrected chi connectivity index (χ0v) is 11.9. The van der Waals surface area contributed by atoms with Gasteiger partial charge in [-0.1, -0.05) is 6.42 Å². The van der Waals surface area contributed by atoms with Crippen LogP contribution in [0.3, 0.4) is 0 Å². The Labute approximate surface area is 105 Å². The van der Waals surface area contributed by atoms with E-state index in [9.17, 15) is 0 Å². The standard InChI is InChI=1S/C14H27NS/c1-10(15-11(2)9-16-3)6-14-8-12-4-5-13(14)7-12/h10-15H,4-9H2,1-3H3/t10-,11-,12-,13-,14-/m0/s1. The quantitative estimate of drug-likeness (QED) is 0.763. The van der Waals surface area contributed by atoms with E-state index in [-0.39, 0.29) is 0 Å². The van der Waals surface area contributed by atoms with Crippen LogP contribution >= 0.6 is 11.8 Å². The minimum atomic E-state index is 0.670. The van der Waals surface area contributed by atoms with Crippen molar-refractivity contribution in [2.75, 3.05) is 12.0 Å². The summed E-state index contributed by atoms with van der Waals surface area (Å²) in [6.45, 7) is 4.69. The van der Waals surface area contributed by atoms with Crippen molar-refractivity contribution >= 4 is 11.8 Å². The summed E-state index contributed by atoms with van der Waals surface area (Å²) < 4.78 is 0. The molecule has 0 radical (unpaired) electrons. The normalized spacial score (nSPS) is 36.6. The molecule has 0 aliphatic heterocycles. The average molecular weight is 241 g/mol. The topological polar surface area (TPSA) is 12.0 Å². The molecule has 2 rings (SSSR count). The number of nitrogens with one attached hydrogen (secondary N) is 1.